The molecule has 0 spiro atoms. The van der Waals surface area contributed by atoms with Gasteiger partial charge in [-0.05, 0) is 38.2 Å². The quantitative estimate of drug-likeness (QED) is 0.517. The Morgan fingerprint density at radius 1 is 1.21 bits per heavy atom. The fourth-order valence-corrected chi connectivity index (χ4v) is 5.04. The van der Waals surface area contributed by atoms with E-state index in [1.807, 2.05) is 49.4 Å². The van der Waals surface area contributed by atoms with Gasteiger partial charge in [0.2, 0.25) is 16.0 Å². The fraction of sp³-hybridized carbons (Fsp3) is 0.458. The second-order valence-corrected chi connectivity index (χ2v) is 10.2. The molecule has 2 heterocycles. The number of piperidine rings is 1. The number of rotatable bonds is 9. The molecule has 1 fully saturated rings. The summed E-state index contributed by atoms with van der Waals surface area (Å²) in [4.78, 5) is 22.5. The predicted octanol–water partition coefficient (Wildman–Crippen LogP) is 3.23. The van der Waals surface area contributed by atoms with E-state index in [0.29, 0.717) is 24.7 Å². The number of benzene rings is 1. The van der Waals surface area contributed by atoms with E-state index in [1.54, 1.807) is 11.2 Å². The topological polar surface area (TPSA) is 92.7 Å². The molecule has 0 radical (unpaired) electrons. The summed E-state index contributed by atoms with van der Waals surface area (Å²) in [6.45, 7) is 5.91. The minimum absolute atomic E-state index is 0.239. The van der Waals surface area contributed by atoms with Crippen LogP contribution in [0.2, 0.25) is 0 Å². The van der Waals surface area contributed by atoms with Crippen LogP contribution in [0, 0.1) is 5.92 Å². The van der Waals surface area contributed by atoms with E-state index in [2.05, 4.69) is 14.9 Å². The Labute approximate surface area is 196 Å². The molecule has 0 amide bonds. The molecule has 0 N–H and O–H groups in total. The molecule has 1 unspecified atom stereocenters. The van der Waals surface area contributed by atoms with Crippen molar-refractivity contribution >= 4 is 28.0 Å². The molecule has 3 rings (SSSR count). The molecule has 1 aliphatic rings. The van der Waals surface area contributed by atoms with Gasteiger partial charge in [-0.1, -0.05) is 42.5 Å². The van der Waals surface area contributed by atoms with E-state index in [-0.39, 0.29) is 12.0 Å². The Kier molecular flexibility index (Phi) is 8.57. The fourth-order valence-electron chi connectivity index (χ4n) is 3.89. The number of hydrogen-bond donors (Lipinski definition) is 0. The Morgan fingerprint density at radius 2 is 1.85 bits per heavy atom. The first-order chi connectivity index (χ1) is 15.8. The van der Waals surface area contributed by atoms with Gasteiger partial charge in [-0.25, -0.2) is 23.2 Å². The second kappa shape index (κ2) is 11.4. The third-order valence-corrected chi connectivity index (χ3v) is 7.07. The maximum atomic E-state index is 12.5. The molecule has 1 aromatic carbocycles. The van der Waals surface area contributed by atoms with Crippen LogP contribution in [0.3, 0.4) is 0 Å². The lowest BCUT2D eigenvalue weighted by atomic mass is 9.96. The zero-order valence-corrected chi connectivity index (χ0v) is 20.2. The molecule has 9 heteroatoms. The number of sulfonamides is 1. The number of carbonyl (C=O) groups is 1. The van der Waals surface area contributed by atoms with E-state index in [9.17, 15) is 13.2 Å². The van der Waals surface area contributed by atoms with Crippen LogP contribution < -0.4 is 4.90 Å². The summed E-state index contributed by atoms with van der Waals surface area (Å²) < 4.78 is 31.5. The summed E-state index contributed by atoms with van der Waals surface area (Å²) in [5, 5.41) is 0. The summed E-state index contributed by atoms with van der Waals surface area (Å²) in [6.07, 6.45) is 9.81. The molecule has 1 atom stereocenters. The Hall–Kier alpha value is -2.78. The van der Waals surface area contributed by atoms with Gasteiger partial charge in [-0.3, -0.25) is 0 Å². The van der Waals surface area contributed by atoms with Crippen molar-refractivity contribution in [1.82, 2.24) is 14.3 Å². The van der Waals surface area contributed by atoms with Gasteiger partial charge < -0.3 is 9.64 Å². The van der Waals surface area contributed by atoms with Crippen molar-refractivity contribution in [3.8, 4) is 0 Å². The highest BCUT2D eigenvalue weighted by molar-refractivity contribution is 7.88. The molecular formula is C24H32N4O4S. The zero-order valence-electron chi connectivity index (χ0n) is 19.4. The minimum atomic E-state index is -3.35. The molecule has 1 aromatic heterocycles. The van der Waals surface area contributed by atoms with Gasteiger partial charge in [0, 0.05) is 38.1 Å². The average molecular weight is 473 g/mol. The van der Waals surface area contributed by atoms with Crippen LogP contribution in [0.4, 0.5) is 5.95 Å². The first kappa shape index (κ1) is 24.9. The number of nitrogens with zero attached hydrogens (tertiary/aromatic N) is 4. The minimum Gasteiger partial charge on any atom is -0.462 e. The number of aromatic nitrogens is 2. The second-order valence-electron chi connectivity index (χ2n) is 8.27. The van der Waals surface area contributed by atoms with Gasteiger partial charge in [0.05, 0.1) is 18.4 Å². The molecule has 1 saturated heterocycles. The number of carbonyl (C=O) groups excluding carboxylic acids is 1. The lowest BCUT2D eigenvalue weighted by Gasteiger charge is -2.35. The predicted molar refractivity (Wildman–Crippen MR) is 129 cm³/mol. The monoisotopic (exact) mass is 472 g/mol. The summed E-state index contributed by atoms with van der Waals surface area (Å²) in [6, 6.07) is 9.62. The highest BCUT2D eigenvalue weighted by Gasteiger charge is 2.28. The van der Waals surface area contributed by atoms with Crippen LogP contribution in [-0.2, 0) is 14.8 Å². The number of esters is 1. The van der Waals surface area contributed by atoms with Crippen LogP contribution >= 0.6 is 0 Å². The number of hydrogen-bond acceptors (Lipinski definition) is 7. The molecule has 178 valence electrons. The zero-order chi connectivity index (χ0) is 23.8. The lowest BCUT2D eigenvalue weighted by Crippen LogP contribution is -2.44. The molecule has 1 aliphatic heterocycles. The number of anilines is 1. The highest BCUT2D eigenvalue weighted by Crippen LogP contribution is 2.24. The average Bonchev–Trinajstić information content (AvgIpc) is 2.81. The maximum absolute atomic E-state index is 12.5. The normalized spacial score (nSPS) is 16.3. The lowest BCUT2D eigenvalue weighted by molar-refractivity contribution is 0.0525. The highest BCUT2D eigenvalue weighted by atomic mass is 32.2. The van der Waals surface area contributed by atoms with Gasteiger partial charge in [0.1, 0.15) is 0 Å². The molecule has 0 bridgehead atoms. The van der Waals surface area contributed by atoms with E-state index < -0.39 is 16.0 Å². The van der Waals surface area contributed by atoms with Crippen molar-refractivity contribution < 1.29 is 17.9 Å². The van der Waals surface area contributed by atoms with Crippen molar-refractivity contribution in [3.05, 3.63) is 59.9 Å². The van der Waals surface area contributed by atoms with Gasteiger partial charge in [-0.15, -0.1) is 0 Å². The van der Waals surface area contributed by atoms with Crippen LogP contribution in [0.5, 0.6) is 0 Å². The molecular weight excluding hydrogens is 440 g/mol. The molecule has 0 aliphatic carbocycles. The third kappa shape index (κ3) is 7.10. The molecule has 33 heavy (non-hydrogen) atoms. The third-order valence-electron chi connectivity index (χ3n) is 5.73. The van der Waals surface area contributed by atoms with Crippen LogP contribution in [0.15, 0.2) is 48.8 Å². The Bertz CT molecular complexity index is 1030. The van der Waals surface area contributed by atoms with Crippen molar-refractivity contribution in [2.24, 2.45) is 5.92 Å². The van der Waals surface area contributed by atoms with E-state index >= 15 is 0 Å². The van der Waals surface area contributed by atoms with Crippen molar-refractivity contribution in [2.45, 2.75) is 32.7 Å². The van der Waals surface area contributed by atoms with Gasteiger partial charge in [0.15, 0.2) is 0 Å². The van der Waals surface area contributed by atoms with Crippen LogP contribution in [-0.4, -0.2) is 67.2 Å². The van der Waals surface area contributed by atoms with Gasteiger partial charge in [0.25, 0.3) is 0 Å². The van der Waals surface area contributed by atoms with E-state index in [1.165, 1.54) is 18.6 Å². The Morgan fingerprint density at radius 3 is 2.42 bits per heavy atom. The van der Waals surface area contributed by atoms with Gasteiger partial charge in [-0.2, -0.15) is 4.31 Å². The van der Waals surface area contributed by atoms with E-state index in [4.69, 9.17) is 4.74 Å². The first-order valence-electron chi connectivity index (χ1n) is 11.2. The SMILES string of the molecule is CCOC(=O)c1cnc(N2CCC(CN(C(C)/C=C/c3ccccc3)S(C)(=O)=O)CC2)nc1. The maximum Gasteiger partial charge on any atom is 0.341 e. The smallest absolute Gasteiger partial charge is 0.341 e. The summed E-state index contributed by atoms with van der Waals surface area (Å²) in [7, 11) is -3.35. The molecule has 2 aromatic rings. The standard InChI is InChI=1S/C24H32N4O4S/c1-4-32-23(29)22-16-25-24(26-17-22)27-14-12-21(13-15-27)18-28(33(3,30)31)19(2)10-11-20-8-6-5-7-9-20/h5-11,16-17,19,21H,4,12-15,18H2,1-3H3/b11-10+. The van der Waals surface area contributed by atoms with Crippen LogP contribution in [0.1, 0.15) is 42.6 Å². The van der Waals surface area contributed by atoms with Crippen molar-refractivity contribution in [3.63, 3.8) is 0 Å². The Balaban J connectivity index is 1.58. The largest absolute Gasteiger partial charge is 0.462 e. The van der Waals surface area contributed by atoms with Crippen molar-refractivity contribution in [2.75, 3.05) is 37.4 Å². The summed E-state index contributed by atoms with van der Waals surface area (Å²) >= 11 is 0. The first-order valence-corrected chi connectivity index (χ1v) is 13.1. The summed E-state index contributed by atoms with van der Waals surface area (Å²) in [5.41, 5.74) is 1.37. The number of ether oxygens (including phenoxy) is 1. The summed E-state index contributed by atoms with van der Waals surface area (Å²) in [5.74, 6) is 0.391. The van der Waals surface area contributed by atoms with E-state index in [0.717, 1.165) is 31.5 Å². The molecule has 8 nitrogen and oxygen atoms in total. The molecule has 0 saturated carbocycles. The van der Waals surface area contributed by atoms with Crippen molar-refractivity contribution in [1.29, 1.82) is 0 Å². The van der Waals surface area contributed by atoms with Crippen LogP contribution in [0.25, 0.3) is 6.08 Å². The van der Waals surface area contributed by atoms with Gasteiger partial charge >= 0.3 is 5.97 Å².